The fraction of sp³-hybridized carbons (Fsp3) is 0.412. The Hall–Kier alpha value is -1.90. The summed E-state index contributed by atoms with van der Waals surface area (Å²) < 4.78 is 29.3. The number of nitrogens with one attached hydrogen (secondary N) is 2. The molecule has 142 valence electrons. The van der Waals surface area contributed by atoms with Gasteiger partial charge in [0, 0.05) is 30.5 Å². The number of aryl methyl sites for hydroxylation is 1. The van der Waals surface area contributed by atoms with Gasteiger partial charge in [0.25, 0.3) is 0 Å². The van der Waals surface area contributed by atoms with Crippen LogP contribution >= 0.6 is 11.6 Å². The van der Waals surface area contributed by atoms with Crippen molar-refractivity contribution in [1.29, 1.82) is 0 Å². The molecular formula is C17H23ClN4O3S. The van der Waals surface area contributed by atoms with Crippen LogP contribution in [-0.4, -0.2) is 36.7 Å². The Morgan fingerprint density at radius 1 is 1.27 bits per heavy atom. The first-order chi connectivity index (χ1) is 12.3. The number of aromatic nitrogens is 2. The molecular weight excluding hydrogens is 376 g/mol. The molecule has 1 amide bonds. The van der Waals surface area contributed by atoms with Crippen molar-refractivity contribution < 1.29 is 13.2 Å². The molecule has 1 aromatic heterocycles. The summed E-state index contributed by atoms with van der Waals surface area (Å²) in [6, 6.07) is 6.78. The molecule has 2 N–H and O–H groups in total. The van der Waals surface area contributed by atoms with Gasteiger partial charge in [0.2, 0.25) is 15.9 Å². The van der Waals surface area contributed by atoms with E-state index in [1.807, 2.05) is 12.3 Å². The Morgan fingerprint density at radius 3 is 2.54 bits per heavy atom. The van der Waals surface area contributed by atoms with E-state index in [4.69, 9.17) is 11.6 Å². The molecule has 2 rings (SSSR count). The van der Waals surface area contributed by atoms with Crippen LogP contribution < -0.4 is 10.0 Å². The van der Waals surface area contributed by atoms with Crippen molar-refractivity contribution in [2.24, 2.45) is 5.92 Å². The summed E-state index contributed by atoms with van der Waals surface area (Å²) in [6.45, 7) is 4.69. The normalized spacial score (nSPS) is 12.9. The molecule has 0 bridgehead atoms. The highest BCUT2D eigenvalue weighted by Gasteiger charge is 2.28. The zero-order chi connectivity index (χ0) is 19.2. The van der Waals surface area contributed by atoms with Gasteiger partial charge in [0.1, 0.15) is 6.04 Å². The van der Waals surface area contributed by atoms with Gasteiger partial charge in [-0.1, -0.05) is 25.4 Å². The molecule has 0 aliphatic carbocycles. The topological polar surface area (TPSA) is 93.1 Å². The van der Waals surface area contributed by atoms with E-state index < -0.39 is 16.1 Å². The molecule has 1 aromatic carbocycles. The average molecular weight is 399 g/mol. The van der Waals surface area contributed by atoms with Crippen LogP contribution in [0, 0.1) is 5.92 Å². The molecule has 0 aliphatic rings. The van der Waals surface area contributed by atoms with E-state index in [0.29, 0.717) is 24.5 Å². The van der Waals surface area contributed by atoms with Gasteiger partial charge in [0.05, 0.1) is 4.90 Å². The van der Waals surface area contributed by atoms with E-state index >= 15 is 0 Å². The zero-order valence-electron chi connectivity index (χ0n) is 14.7. The SMILES string of the molecule is CC(C)[C@H](NS(=O)(=O)c1ccc(Cl)cc1)C(=O)NCCCn1cccn1. The molecule has 2 aromatic rings. The predicted molar refractivity (Wildman–Crippen MR) is 100 cm³/mol. The van der Waals surface area contributed by atoms with Gasteiger partial charge < -0.3 is 5.32 Å². The van der Waals surface area contributed by atoms with E-state index in [-0.39, 0.29) is 16.7 Å². The number of rotatable bonds is 9. The van der Waals surface area contributed by atoms with Crippen LogP contribution in [-0.2, 0) is 21.4 Å². The van der Waals surface area contributed by atoms with E-state index in [0.717, 1.165) is 0 Å². The molecule has 0 spiro atoms. The number of hydrogen-bond donors (Lipinski definition) is 2. The Morgan fingerprint density at radius 2 is 1.96 bits per heavy atom. The molecule has 0 unspecified atom stereocenters. The standard InChI is InChI=1S/C17H23ClN4O3S/c1-13(2)16(17(23)19-9-3-11-22-12-4-10-20-22)21-26(24,25)15-7-5-14(18)6-8-15/h4-8,10,12-13,16,21H,3,9,11H2,1-2H3,(H,19,23)/t16-/m0/s1. The summed E-state index contributed by atoms with van der Waals surface area (Å²) >= 11 is 5.79. The largest absolute Gasteiger partial charge is 0.355 e. The van der Waals surface area contributed by atoms with Crippen LogP contribution in [0.2, 0.25) is 5.02 Å². The van der Waals surface area contributed by atoms with Crippen LogP contribution in [0.3, 0.4) is 0 Å². The van der Waals surface area contributed by atoms with Crippen molar-refractivity contribution in [2.75, 3.05) is 6.54 Å². The molecule has 0 fully saturated rings. The minimum atomic E-state index is -3.82. The smallest absolute Gasteiger partial charge is 0.241 e. The monoisotopic (exact) mass is 398 g/mol. The summed E-state index contributed by atoms with van der Waals surface area (Å²) in [5.74, 6) is -0.554. The zero-order valence-corrected chi connectivity index (χ0v) is 16.3. The molecule has 0 saturated carbocycles. The minimum absolute atomic E-state index is 0.0685. The lowest BCUT2D eigenvalue weighted by molar-refractivity contribution is -0.123. The third kappa shape index (κ3) is 5.82. The molecule has 7 nitrogen and oxygen atoms in total. The Labute approximate surface area is 158 Å². The molecule has 0 aliphatic heterocycles. The predicted octanol–water partition coefficient (Wildman–Crippen LogP) is 2.05. The average Bonchev–Trinajstić information content (AvgIpc) is 3.10. The number of carbonyl (C=O) groups excluding carboxylic acids is 1. The third-order valence-corrected chi connectivity index (χ3v) is 5.49. The molecule has 0 radical (unpaired) electrons. The Kier molecular flexibility index (Phi) is 7.19. The van der Waals surface area contributed by atoms with Crippen LogP contribution in [0.25, 0.3) is 0 Å². The maximum atomic E-state index is 12.5. The van der Waals surface area contributed by atoms with Crippen LogP contribution in [0.5, 0.6) is 0 Å². The first-order valence-corrected chi connectivity index (χ1v) is 10.2. The van der Waals surface area contributed by atoms with Gasteiger partial charge in [-0.05, 0) is 42.7 Å². The summed E-state index contributed by atoms with van der Waals surface area (Å²) in [4.78, 5) is 12.5. The van der Waals surface area contributed by atoms with Crippen LogP contribution in [0.15, 0.2) is 47.6 Å². The second-order valence-corrected chi connectivity index (χ2v) is 8.36. The van der Waals surface area contributed by atoms with Crippen LogP contribution in [0.1, 0.15) is 20.3 Å². The fourth-order valence-electron chi connectivity index (χ4n) is 2.34. The quantitative estimate of drug-likeness (QED) is 0.632. The van der Waals surface area contributed by atoms with Gasteiger partial charge >= 0.3 is 0 Å². The lowest BCUT2D eigenvalue weighted by Crippen LogP contribution is -2.49. The molecule has 1 atom stereocenters. The van der Waals surface area contributed by atoms with Crippen molar-refractivity contribution >= 4 is 27.5 Å². The number of sulfonamides is 1. The van der Waals surface area contributed by atoms with Gasteiger partial charge in [-0.25, -0.2) is 8.42 Å². The lowest BCUT2D eigenvalue weighted by Gasteiger charge is -2.21. The van der Waals surface area contributed by atoms with Gasteiger partial charge in [-0.15, -0.1) is 0 Å². The van der Waals surface area contributed by atoms with E-state index in [1.165, 1.54) is 24.3 Å². The number of benzene rings is 1. The van der Waals surface area contributed by atoms with Crippen molar-refractivity contribution in [1.82, 2.24) is 19.8 Å². The summed E-state index contributed by atoms with van der Waals surface area (Å²) in [5, 5.41) is 7.31. The van der Waals surface area contributed by atoms with Gasteiger partial charge in [-0.3, -0.25) is 9.48 Å². The summed E-state index contributed by atoms with van der Waals surface area (Å²) in [7, 11) is -3.82. The molecule has 26 heavy (non-hydrogen) atoms. The van der Waals surface area contributed by atoms with E-state index in [1.54, 1.807) is 24.7 Å². The van der Waals surface area contributed by atoms with Crippen molar-refractivity contribution in [3.8, 4) is 0 Å². The van der Waals surface area contributed by atoms with Gasteiger partial charge in [-0.2, -0.15) is 9.82 Å². The number of hydrogen-bond acceptors (Lipinski definition) is 4. The molecule has 9 heteroatoms. The summed E-state index contributed by atoms with van der Waals surface area (Å²) in [6.07, 6.45) is 4.24. The molecule has 0 saturated heterocycles. The third-order valence-electron chi connectivity index (χ3n) is 3.78. The Bertz CT molecular complexity index is 805. The number of halogens is 1. The minimum Gasteiger partial charge on any atom is -0.355 e. The second-order valence-electron chi connectivity index (χ2n) is 6.21. The highest BCUT2D eigenvalue weighted by molar-refractivity contribution is 7.89. The first kappa shape index (κ1) is 20.4. The summed E-state index contributed by atoms with van der Waals surface area (Å²) in [5.41, 5.74) is 0. The van der Waals surface area contributed by atoms with Gasteiger partial charge in [0.15, 0.2) is 0 Å². The maximum Gasteiger partial charge on any atom is 0.241 e. The number of carbonyl (C=O) groups is 1. The second kappa shape index (κ2) is 9.16. The van der Waals surface area contributed by atoms with Crippen molar-refractivity contribution in [3.63, 3.8) is 0 Å². The fourth-order valence-corrected chi connectivity index (χ4v) is 3.81. The molecule has 1 heterocycles. The first-order valence-electron chi connectivity index (χ1n) is 8.32. The highest BCUT2D eigenvalue weighted by atomic mass is 35.5. The van der Waals surface area contributed by atoms with Crippen molar-refractivity contribution in [3.05, 3.63) is 47.7 Å². The highest BCUT2D eigenvalue weighted by Crippen LogP contribution is 2.15. The number of amides is 1. The maximum absolute atomic E-state index is 12.5. The Balaban J connectivity index is 1.94. The van der Waals surface area contributed by atoms with E-state index in [2.05, 4.69) is 15.1 Å². The lowest BCUT2D eigenvalue weighted by atomic mass is 10.1. The number of nitrogens with zero attached hydrogens (tertiary/aromatic N) is 2. The van der Waals surface area contributed by atoms with Crippen molar-refractivity contribution in [2.45, 2.75) is 37.8 Å². The van der Waals surface area contributed by atoms with Crippen LogP contribution in [0.4, 0.5) is 0 Å². The van der Waals surface area contributed by atoms with E-state index in [9.17, 15) is 13.2 Å².